The molecule has 3 heteroatoms. The van der Waals surface area contributed by atoms with Crippen LogP contribution < -0.4 is 0 Å². The molecule has 0 amide bonds. The molecular weight excluding hydrogens is 200 g/mol. The highest BCUT2D eigenvalue weighted by Crippen LogP contribution is 2.21. The molecule has 0 aromatic heterocycles. The van der Waals surface area contributed by atoms with Crippen LogP contribution in [0.2, 0.25) is 0 Å². The summed E-state index contributed by atoms with van der Waals surface area (Å²) in [5.74, 6) is 0.791. The maximum Gasteiger partial charge on any atom is 0.129 e. The van der Waals surface area contributed by atoms with Crippen LogP contribution in [-0.2, 0) is 4.84 Å². The molecule has 0 N–H and O–H groups in total. The quantitative estimate of drug-likeness (QED) is 0.514. The molecule has 1 atom stereocenters. The molecular formula is C13H26N2O. The van der Waals surface area contributed by atoms with E-state index in [2.05, 4.69) is 30.8 Å². The largest absolute Gasteiger partial charge is 0.394 e. The van der Waals surface area contributed by atoms with E-state index in [1.165, 1.54) is 18.6 Å². The molecule has 0 aliphatic heterocycles. The normalized spacial score (nSPS) is 24.0. The van der Waals surface area contributed by atoms with E-state index in [1.807, 2.05) is 0 Å². The first kappa shape index (κ1) is 13.5. The number of hydrogen-bond donors (Lipinski definition) is 0. The zero-order valence-corrected chi connectivity index (χ0v) is 11.0. The highest BCUT2D eigenvalue weighted by Gasteiger charge is 2.14. The molecule has 0 aromatic carbocycles. The lowest BCUT2D eigenvalue weighted by Crippen LogP contribution is -2.26. The Morgan fingerprint density at radius 3 is 2.75 bits per heavy atom. The minimum atomic E-state index is 0.722. The van der Waals surface area contributed by atoms with Crippen LogP contribution in [0.5, 0.6) is 0 Å². The minimum Gasteiger partial charge on any atom is -0.394 e. The standard InChI is InChI=1S/C13H26N2O/c1-4-15(5-2)9-10-16-14-13-8-6-7-12(3)11-13/h12H,4-11H2,1-3H3. The number of likely N-dealkylation sites (N-methyl/N-ethyl adjacent to an activating group) is 1. The van der Waals surface area contributed by atoms with Gasteiger partial charge < -0.3 is 9.74 Å². The predicted molar refractivity (Wildman–Crippen MR) is 68.8 cm³/mol. The van der Waals surface area contributed by atoms with Crippen LogP contribution in [0.4, 0.5) is 0 Å². The summed E-state index contributed by atoms with van der Waals surface area (Å²) in [5, 5.41) is 4.26. The third-order valence-corrected chi connectivity index (χ3v) is 3.33. The van der Waals surface area contributed by atoms with E-state index in [1.54, 1.807) is 0 Å². The van der Waals surface area contributed by atoms with Crippen molar-refractivity contribution in [2.75, 3.05) is 26.2 Å². The van der Waals surface area contributed by atoms with E-state index >= 15 is 0 Å². The van der Waals surface area contributed by atoms with Gasteiger partial charge in [0.2, 0.25) is 0 Å². The van der Waals surface area contributed by atoms with Gasteiger partial charge in [0.05, 0.1) is 5.71 Å². The third-order valence-electron chi connectivity index (χ3n) is 3.33. The molecule has 0 bridgehead atoms. The summed E-state index contributed by atoms with van der Waals surface area (Å²) in [5.41, 5.74) is 1.26. The Balaban J connectivity index is 2.15. The van der Waals surface area contributed by atoms with E-state index in [-0.39, 0.29) is 0 Å². The molecule has 0 radical (unpaired) electrons. The van der Waals surface area contributed by atoms with Gasteiger partial charge in [-0.1, -0.05) is 25.9 Å². The molecule has 1 unspecified atom stereocenters. The van der Waals surface area contributed by atoms with Gasteiger partial charge in [-0.2, -0.15) is 0 Å². The molecule has 94 valence electrons. The van der Waals surface area contributed by atoms with Gasteiger partial charge in [0.1, 0.15) is 6.61 Å². The van der Waals surface area contributed by atoms with Crippen molar-refractivity contribution in [2.45, 2.75) is 46.5 Å². The molecule has 1 rings (SSSR count). The molecule has 16 heavy (non-hydrogen) atoms. The molecule has 3 nitrogen and oxygen atoms in total. The van der Waals surface area contributed by atoms with Crippen LogP contribution in [0.3, 0.4) is 0 Å². The lowest BCUT2D eigenvalue weighted by atomic mass is 9.89. The lowest BCUT2D eigenvalue weighted by molar-refractivity contribution is 0.112. The van der Waals surface area contributed by atoms with Crippen molar-refractivity contribution < 1.29 is 4.84 Å². The van der Waals surface area contributed by atoms with Crippen molar-refractivity contribution in [1.29, 1.82) is 0 Å². The SMILES string of the molecule is CCN(CC)CCON=C1CCCC(C)C1. The molecule has 0 spiro atoms. The maximum atomic E-state index is 5.40. The van der Waals surface area contributed by atoms with Gasteiger partial charge in [0, 0.05) is 6.54 Å². The number of nitrogens with zero attached hydrogens (tertiary/aromatic N) is 2. The summed E-state index contributed by atoms with van der Waals surface area (Å²) in [6.07, 6.45) is 4.89. The zero-order valence-electron chi connectivity index (χ0n) is 11.0. The topological polar surface area (TPSA) is 24.8 Å². The Morgan fingerprint density at radius 1 is 1.38 bits per heavy atom. The first-order valence-electron chi connectivity index (χ1n) is 6.66. The minimum absolute atomic E-state index is 0.722. The fraction of sp³-hybridized carbons (Fsp3) is 0.923. The van der Waals surface area contributed by atoms with Gasteiger partial charge >= 0.3 is 0 Å². The lowest BCUT2D eigenvalue weighted by Gasteiger charge is -2.19. The summed E-state index contributed by atoms with van der Waals surface area (Å²) in [7, 11) is 0. The number of rotatable bonds is 6. The molecule has 0 heterocycles. The van der Waals surface area contributed by atoms with Crippen molar-refractivity contribution in [3.8, 4) is 0 Å². The van der Waals surface area contributed by atoms with Crippen LogP contribution in [0.25, 0.3) is 0 Å². The Kier molecular flexibility index (Phi) is 6.46. The first-order valence-corrected chi connectivity index (χ1v) is 6.66. The van der Waals surface area contributed by atoms with Gasteiger partial charge in [-0.05, 0) is 44.7 Å². The summed E-state index contributed by atoms with van der Waals surface area (Å²) < 4.78 is 0. The Bertz CT molecular complexity index is 212. The monoisotopic (exact) mass is 226 g/mol. The fourth-order valence-electron chi connectivity index (χ4n) is 2.19. The third kappa shape index (κ3) is 4.97. The zero-order chi connectivity index (χ0) is 11.8. The van der Waals surface area contributed by atoms with Crippen molar-refractivity contribution in [3.05, 3.63) is 0 Å². The van der Waals surface area contributed by atoms with Gasteiger partial charge in [0.15, 0.2) is 0 Å². The van der Waals surface area contributed by atoms with E-state index in [0.717, 1.165) is 45.0 Å². The Labute approximate surface area is 99.8 Å². The summed E-state index contributed by atoms with van der Waals surface area (Å²) in [6.45, 7) is 10.5. The Hall–Kier alpha value is -0.570. The van der Waals surface area contributed by atoms with Crippen LogP contribution >= 0.6 is 0 Å². The van der Waals surface area contributed by atoms with Crippen LogP contribution in [0.15, 0.2) is 5.16 Å². The second-order valence-corrected chi connectivity index (χ2v) is 4.72. The van der Waals surface area contributed by atoms with Crippen LogP contribution in [0, 0.1) is 5.92 Å². The molecule has 0 aromatic rings. The average Bonchev–Trinajstić information content (AvgIpc) is 2.29. The summed E-state index contributed by atoms with van der Waals surface area (Å²) in [4.78, 5) is 7.75. The molecule has 1 aliphatic rings. The van der Waals surface area contributed by atoms with Gasteiger partial charge in [-0.15, -0.1) is 0 Å². The van der Waals surface area contributed by atoms with Crippen molar-refractivity contribution in [3.63, 3.8) is 0 Å². The van der Waals surface area contributed by atoms with Crippen LogP contribution in [-0.4, -0.2) is 36.9 Å². The van der Waals surface area contributed by atoms with Crippen molar-refractivity contribution in [2.24, 2.45) is 11.1 Å². The molecule has 1 saturated carbocycles. The Morgan fingerprint density at radius 2 is 2.12 bits per heavy atom. The van der Waals surface area contributed by atoms with E-state index in [4.69, 9.17) is 4.84 Å². The van der Waals surface area contributed by atoms with E-state index in [9.17, 15) is 0 Å². The fourth-order valence-corrected chi connectivity index (χ4v) is 2.19. The maximum absolute atomic E-state index is 5.40. The van der Waals surface area contributed by atoms with E-state index < -0.39 is 0 Å². The average molecular weight is 226 g/mol. The molecule has 1 fully saturated rings. The summed E-state index contributed by atoms with van der Waals surface area (Å²) >= 11 is 0. The first-order chi connectivity index (χ1) is 7.76. The summed E-state index contributed by atoms with van der Waals surface area (Å²) in [6, 6.07) is 0. The van der Waals surface area contributed by atoms with Gasteiger partial charge in [-0.3, -0.25) is 0 Å². The molecule has 1 aliphatic carbocycles. The second-order valence-electron chi connectivity index (χ2n) is 4.72. The van der Waals surface area contributed by atoms with E-state index in [0.29, 0.717) is 0 Å². The predicted octanol–water partition coefficient (Wildman–Crippen LogP) is 2.91. The van der Waals surface area contributed by atoms with Crippen LogP contribution in [0.1, 0.15) is 46.5 Å². The second kappa shape index (κ2) is 7.66. The number of hydrogen-bond acceptors (Lipinski definition) is 3. The highest BCUT2D eigenvalue weighted by atomic mass is 16.6. The van der Waals surface area contributed by atoms with Gasteiger partial charge in [0.25, 0.3) is 0 Å². The number of oxime groups is 1. The molecule has 0 saturated heterocycles. The van der Waals surface area contributed by atoms with Crippen molar-refractivity contribution in [1.82, 2.24) is 4.90 Å². The highest BCUT2D eigenvalue weighted by molar-refractivity contribution is 5.84. The van der Waals surface area contributed by atoms with Gasteiger partial charge in [-0.25, -0.2) is 0 Å². The smallest absolute Gasteiger partial charge is 0.129 e. The van der Waals surface area contributed by atoms with Crippen molar-refractivity contribution >= 4 is 5.71 Å².